The summed E-state index contributed by atoms with van der Waals surface area (Å²) in [6.07, 6.45) is 19.5. The van der Waals surface area contributed by atoms with Gasteiger partial charge in [0.05, 0.1) is 12.7 Å². The van der Waals surface area contributed by atoms with E-state index >= 15 is 0 Å². The van der Waals surface area contributed by atoms with Crippen molar-refractivity contribution in [2.45, 2.75) is 150 Å². The highest BCUT2D eigenvalue weighted by atomic mass is 16.6. The molecule has 4 aliphatic rings. The Labute approximate surface area is 280 Å². The molecular formula is C39H68N2O5. The van der Waals surface area contributed by atoms with E-state index in [-0.39, 0.29) is 36.0 Å². The highest BCUT2D eigenvalue weighted by molar-refractivity contribution is 5.76. The van der Waals surface area contributed by atoms with Crippen molar-refractivity contribution in [1.29, 1.82) is 0 Å². The maximum atomic E-state index is 12.7. The number of likely N-dealkylation sites (tertiary alicyclic amines) is 1. The lowest BCUT2D eigenvalue weighted by molar-refractivity contribution is -0.130. The van der Waals surface area contributed by atoms with Crippen molar-refractivity contribution in [3.63, 3.8) is 0 Å². The van der Waals surface area contributed by atoms with Crippen molar-refractivity contribution in [1.82, 2.24) is 10.2 Å². The summed E-state index contributed by atoms with van der Waals surface area (Å²) in [5, 5.41) is 22.2. The van der Waals surface area contributed by atoms with Gasteiger partial charge in [-0.3, -0.25) is 4.79 Å². The highest BCUT2D eigenvalue weighted by Crippen LogP contribution is 2.57. The lowest BCUT2D eigenvalue weighted by Gasteiger charge is -2.52. The molecule has 6 unspecified atom stereocenters. The topological polar surface area (TPSA) is 99.1 Å². The highest BCUT2D eigenvalue weighted by Gasteiger charge is 2.48. The first-order valence-electron chi connectivity index (χ1n) is 19.2. The Bertz CT molecular complexity index is 999. The molecule has 1 saturated heterocycles. The van der Waals surface area contributed by atoms with Gasteiger partial charge in [-0.15, -0.1) is 0 Å². The standard InChI is InChI=1S/C39H68N2O5/c1-27(2)11-9-12-28(3)30-13-10-14-35-34(29(4)16-17-30)19-18-32-23-33(20-21-39(32,35)5)46-38(45)40-22-8-6-7-15-37(44)41-24-31(26-42)36(43)25-41/h18,27-31,33-36,42-43H,6-17,19-26H2,1-5H3,(H,40,45)/t28?,29?,30-,31?,33+,34?,35?,36?,39+/m1/s1. The molecule has 9 atom stereocenters. The van der Waals surface area contributed by atoms with Crippen LogP contribution in [0.4, 0.5) is 4.79 Å². The third-order valence-corrected chi connectivity index (χ3v) is 12.8. The van der Waals surface area contributed by atoms with Crippen LogP contribution < -0.4 is 5.32 Å². The second kappa shape index (κ2) is 17.7. The van der Waals surface area contributed by atoms with E-state index in [1.807, 2.05) is 0 Å². The Morgan fingerprint density at radius 3 is 2.59 bits per heavy atom. The summed E-state index contributed by atoms with van der Waals surface area (Å²) in [5.41, 5.74) is 1.78. The number of allylic oxidation sites excluding steroid dienone is 1. The first-order valence-corrected chi connectivity index (χ1v) is 19.2. The molecule has 2 amide bonds. The zero-order chi connectivity index (χ0) is 33.3. The van der Waals surface area contributed by atoms with Crippen molar-refractivity contribution in [3.05, 3.63) is 11.6 Å². The van der Waals surface area contributed by atoms with E-state index in [1.165, 1.54) is 57.8 Å². The summed E-state index contributed by atoms with van der Waals surface area (Å²) in [6, 6.07) is 0. The van der Waals surface area contributed by atoms with Crippen molar-refractivity contribution in [2.75, 3.05) is 26.2 Å². The number of ether oxygens (including phenoxy) is 1. The second-order valence-corrected chi connectivity index (χ2v) is 16.5. The number of carbonyl (C=O) groups is 2. The summed E-state index contributed by atoms with van der Waals surface area (Å²) >= 11 is 0. The molecule has 1 aliphatic heterocycles. The number of unbranched alkanes of at least 4 members (excludes halogenated alkanes) is 2. The van der Waals surface area contributed by atoms with Crippen molar-refractivity contribution < 1.29 is 24.5 Å². The van der Waals surface area contributed by atoms with Gasteiger partial charge < -0.3 is 25.2 Å². The van der Waals surface area contributed by atoms with Gasteiger partial charge >= 0.3 is 6.09 Å². The molecule has 0 spiro atoms. The minimum absolute atomic E-state index is 0.0331. The molecule has 3 N–H and O–H groups in total. The Morgan fingerprint density at radius 2 is 1.85 bits per heavy atom. The van der Waals surface area contributed by atoms with E-state index in [2.05, 4.69) is 46.0 Å². The lowest BCUT2D eigenvalue weighted by Crippen LogP contribution is -2.45. The molecule has 0 aromatic heterocycles. The number of amides is 2. The van der Waals surface area contributed by atoms with Crippen molar-refractivity contribution >= 4 is 12.0 Å². The van der Waals surface area contributed by atoms with Crippen LogP contribution in [0.15, 0.2) is 11.6 Å². The van der Waals surface area contributed by atoms with Crippen LogP contribution in [-0.2, 0) is 9.53 Å². The van der Waals surface area contributed by atoms with Gasteiger partial charge in [-0.1, -0.05) is 91.2 Å². The zero-order valence-corrected chi connectivity index (χ0v) is 30.0. The van der Waals surface area contributed by atoms with Gasteiger partial charge in [0.15, 0.2) is 0 Å². The molecule has 4 rings (SSSR count). The predicted molar refractivity (Wildman–Crippen MR) is 185 cm³/mol. The molecule has 1 heterocycles. The average Bonchev–Trinajstić information content (AvgIpc) is 3.43. The van der Waals surface area contributed by atoms with Crippen LogP contribution in [0.2, 0.25) is 0 Å². The van der Waals surface area contributed by atoms with Crippen LogP contribution in [0.25, 0.3) is 0 Å². The molecule has 3 aliphatic carbocycles. The maximum Gasteiger partial charge on any atom is 0.407 e. The lowest BCUT2D eigenvalue weighted by atomic mass is 9.54. The van der Waals surface area contributed by atoms with Gasteiger partial charge in [0.1, 0.15) is 6.10 Å². The molecule has 0 aromatic carbocycles. The van der Waals surface area contributed by atoms with E-state index in [4.69, 9.17) is 4.74 Å². The fourth-order valence-electron chi connectivity index (χ4n) is 9.56. The molecule has 7 nitrogen and oxygen atoms in total. The average molecular weight is 645 g/mol. The number of nitrogens with zero attached hydrogens (tertiary/aromatic N) is 1. The Balaban J connectivity index is 1.17. The van der Waals surface area contributed by atoms with E-state index in [0.717, 1.165) is 74.0 Å². The fourth-order valence-corrected chi connectivity index (χ4v) is 9.56. The minimum atomic E-state index is -0.630. The first kappa shape index (κ1) is 37.2. The van der Waals surface area contributed by atoms with Crippen LogP contribution in [-0.4, -0.2) is 65.6 Å². The molecule has 264 valence electrons. The number of hydrogen-bond acceptors (Lipinski definition) is 5. The largest absolute Gasteiger partial charge is 0.446 e. The fraction of sp³-hybridized carbons (Fsp3) is 0.897. The maximum absolute atomic E-state index is 12.7. The van der Waals surface area contributed by atoms with Gasteiger partial charge in [0, 0.05) is 38.4 Å². The summed E-state index contributed by atoms with van der Waals surface area (Å²) < 4.78 is 5.94. The third-order valence-electron chi connectivity index (χ3n) is 12.8. The van der Waals surface area contributed by atoms with Crippen LogP contribution in [0.5, 0.6) is 0 Å². The predicted octanol–water partition coefficient (Wildman–Crippen LogP) is 7.88. The van der Waals surface area contributed by atoms with Gasteiger partial charge in [-0.05, 0) is 85.9 Å². The quantitative estimate of drug-likeness (QED) is 0.140. The molecular weight excluding hydrogens is 576 g/mol. The van der Waals surface area contributed by atoms with Crippen LogP contribution in [0.1, 0.15) is 137 Å². The van der Waals surface area contributed by atoms with E-state index in [1.54, 1.807) is 10.5 Å². The number of alkyl carbamates (subject to hydrolysis) is 1. The normalized spacial score (nSPS) is 34.0. The number of aliphatic hydroxyl groups excluding tert-OH is 2. The van der Waals surface area contributed by atoms with E-state index < -0.39 is 6.10 Å². The summed E-state index contributed by atoms with van der Waals surface area (Å²) in [6.45, 7) is 13.5. The molecule has 3 fully saturated rings. The van der Waals surface area contributed by atoms with E-state index in [9.17, 15) is 19.8 Å². The first-order chi connectivity index (χ1) is 22.0. The van der Waals surface area contributed by atoms with Gasteiger partial charge in [-0.25, -0.2) is 4.79 Å². The Morgan fingerprint density at radius 1 is 1.04 bits per heavy atom. The van der Waals surface area contributed by atoms with Crippen molar-refractivity contribution in [3.8, 4) is 0 Å². The Kier molecular flexibility index (Phi) is 14.3. The summed E-state index contributed by atoms with van der Waals surface area (Å²) in [7, 11) is 0. The monoisotopic (exact) mass is 645 g/mol. The van der Waals surface area contributed by atoms with Gasteiger partial charge in [0.2, 0.25) is 5.91 Å². The SMILES string of the molecule is CC(C)CCCC(C)[C@@H]1CCCC2C(CC=C3C[C@@H](OC(=O)NCCCCCC(=O)N4CC(O)C(CO)C4)CC[C@@]32C)C(C)CC1. The summed E-state index contributed by atoms with van der Waals surface area (Å²) in [4.78, 5) is 26.7. The molecule has 0 aromatic rings. The number of β-amino-alcohol motifs (C(OH)–C–C–N with tert-alkyl or cyclic N) is 1. The Hall–Kier alpha value is -1.60. The number of hydrogen-bond donors (Lipinski definition) is 3. The van der Waals surface area contributed by atoms with Crippen molar-refractivity contribution in [2.24, 2.45) is 46.8 Å². The molecule has 7 heteroatoms. The van der Waals surface area contributed by atoms with Gasteiger partial charge in [0.25, 0.3) is 0 Å². The molecule has 2 saturated carbocycles. The van der Waals surface area contributed by atoms with Gasteiger partial charge in [-0.2, -0.15) is 0 Å². The minimum Gasteiger partial charge on any atom is -0.446 e. The molecule has 0 radical (unpaired) electrons. The number of nitrogens with one attached hydrogen (secondary N) is 1. The number of aliphatic hydroxyl groups is 2. The zero-order valence-electron chi connectivity index (χ0n) is 30.0. The third kappa shape index (κ3) is 9.96. The number of fused-ring (bicyclic) bond motifs is 3. The van der Waals surface area contributed by atoms with E-state index in [0.29, 0.717) is 26.1 Å². The number of rotatable bonds is 13. The molecule has 0 bridgehead atoms. The van der Waals surface area contributed by atoms with Crippen LogP contribution >= 0.6 is 0 Å². The molecule has 46 heavy (non-hydrogen) atoms. The summed E-state index contributed by atoms with van der Waals surface area (Å²) in [5.74, 6) is 4.63. The second-order valence-electron chi connectivity index (χ2n) is 16.5. The van der Waals surface area contributed by atoms with Crippen LogP contribution in [0.3, 0.4) is 0 Å². The number of carbonyl (C=O) groups excluding carboxylic acids is 2. The smallest absolute Gasteiger partial charge is 0.407 e. The van der Waals surface area contributed by atoms with Crippen LogP contribution in [0, 0.1) is 46.8 Å².